The number of carbonyl (C=O) groups is 2. The van der Waals surface area contributed by atoms with E-state index in [0.717, 1.165) is 37.8 Å². The van der Waals surface area contributed by atoms with E-state index in [-0.39, 0.29) is 23.7 Å². The van der Waals surface area contributed by atoms with Crippen LogP contribution in [0.1, 0.15) is 36.8 Å². The Morgan fingerprint density at radius 3 is 2.57 bits per heavy atom. The van der Waals surface area contributed by atoms with E-state index in [2.05, 4.69) is 18.2 Å². The fourth-order valence-corrected chi connectivity index (χ4v) is 4.25. The molecule has 2 atom stereocenters. The number of nitrogens with two attached hydrogens (primary N) is 1. The van der Waals surface area contributed by atoms with E-state index in [1.54, 1.807) is 6.08 Å². The number of hydrogen-bond acceptors (Lipinski definition) is 3. The molecule has 0 aromatic heterocycles. The predicted octanol–water partition coefficient (Wildman–Crippen LogP) is 4.08. The molecule has 1 saturated carbocycles. The number of allylic oxidation sites excluding steroid dienone is 1. The van der Waals surface area contributed by atoms with Crippen LogP contribution < -0.4 is 10.6 Å². The van der Waals surface area contributed by atoms with Gasteiger partial charge in [0.25, 0.3) is 5.91 Å². The number of nitrogens with zero attached hydrogens (tertiary/aromatic N) is 1. The lowest BCUT2D eigenvalue weighted by Crippen LogP contribution is -2.33. The van der Waals surface area contributed by atoms with Crippen LogP contribution in [0.15, 0.2) is 66.7 Å². The summed E-state index contributed by atoms with van der Waals surface area (Å²) in [4.78, 5) is 27.3. The van der Waals surface area contributed by atoms with Crippen LogP contribution in [0.4, 0.5) is 5.69 Å². The van der Waals surface area contributed by atoms with Crippen LogP contribution in [-0.4, -0.2) is 24.3 Å². The van der Waals surface area contributed by atoms with Gasteiger partial charge in [0.2, 0.25) is 0 Å². The molecule has 0 unspecified atom stereocenters. The lowest BCUT2D eigenvalue weighted by molar-refractivity contribution is -0.121. The normalized spacial score (nSPS) is 17.7. The molecule has 1 aliphatic carbocycles. The zero-order valence-electron chi connectivity index (χ0n) is 17.4. The first-order valence-corrected chi connectivity index (χ1v) is 11.0. The Bertz CT molecular complexity index is 918. The molecule has 0 radical (unpaired) electrons. The van der Waals surface area contributed by atoms with Gasteiger partial charge in [0.1, 0.15) is 5.78 Å². The zero-order valence-corrected chi connectivity index (χ0v) is 17.4. The summed E-state index contributed by atoms with van der Waals surface area (Å²) in [6.45, 7) is 0.711. The highest BCUT2D eigenvalue weighted by Gasteiger charge is 2.33. The van der Waals surface area contributed by atoms with Gasteiger partial charge in [-0.3, -0.25) is 9.59 Å². The smallest absolute Gasteiger partial charge is 0.250 e. The minimum Gasteiger partial charge on any atom is -0.321 e. The number of anilines is 1. The summed E-state index contributed by atoms with van der Waals surface area (Å²) >= 11 is 0. The van der Waals surface area contributed by atoms with E-state index in [4.69, 9.17) is 5.73 Å². The van der Waals surface area contributed by atoms with E-state index < -0.39 is 0 Å². The maximum Gasteiger partial charge on any atom is 0.250 e. The van der Waals surface area contributed by atoms with Crippen LogP contribution in [0.2, 0.25) is 0 Å². The topological polar surface area (TPSA) is 63.4 Å². The molecule has 4 rings (SSSR count). The van der Waals surface area contributed by atoms with Crippen molar-refractivity contribution in [2.75, 3.05) is 11.4 Å². The average molecular weight is 403 g/mol. The maximum atomic E-state index is 12.9. The Morgan fingerprint density at radius 1 is 1.07 bits per heavy atom. The number of aryl methyl sites for hydroxylation is 1. The molecule has 4 nitrogen and oxygen atoms in total. The summed E-state index contributed by atoms with van der Waals surface area (Å²) in [7, 11) is 0. The Labute approximate surface area is 178 Å². The first-order valence-electron chi connectivity index (χ1n) is 11.0. The molecule has 1 fully saturated rings. The predicted molar refractivity (Wildman–Crippen MR) is 120 cm³/mol. The van der Waals surface area contributed by atoms with E-state index >= 15 is 0 Å². The van der Waals surface area contributed by atoms with Gasteiger partial charge < -0.3 is 10.6 Å². The number of carbonyl (C=O) groups excluding carboxylic acids is 2. The fraction of sp³-hybridized carbons (Fsp3) is 0.385. The lowest BCUT2D eigenvalue weighted by Gasteiger charge is -2.17. The van der Waals surface area contributed by atoms with Crippen LogP contribution in [0.5, 0.6) is 0 Å². The van der Waals surface area contributed by atoms with Crippen LogP contribution in [0.25, 0.3) is 0 Å². The molecule has 0 saturated heterocycles. The van der Waals surface area contributed by atoms with Gasteiger partial charge >= 0.3 is 0 Å². The van der Waals surface area contributed by atoms with Gasteiger partial charge in [-0.1, -0.05) is 54.6 Å². The van der Waals surface area contributed by atoms with Gasteiger partial charge in [0.05, 0.1) is 6.04 Å². The van der Waals surface area contributed by atoms with Gasteiger partial charge in [-0.2, -0.15) is 0 Å². The number of hydrogen-bond donors (Lipinski definition) is 1. The van der Waals surface area contributed by atoms with E-state index in [1.807, 2.05) is 47.4 Å². The number of rotatable bonds is 9. The van der Waals surface area contributed by atoms with Crippen molar-refractivity contribution in [1.82, 2.24) is 0 Å². The molecule has 30 heavy (non-hydrogen) atoms. The van der Waals surface area contributed by atoms with Crippen LogP contribution in [0, 0.1) is 11.8 Å². The lowest BCUT2D eigenvalue weighted by atomic mass is 9.91. The molecular formula is C26H30N2O2. The number of ketones is 1. The molecule has 156 valence electrons. The molecule has 1 aliphatic heterocycles. The SMILES string of the molecule is N[C@H](C(=O)C[C@H](/C=C/C(=O)N1CCc2ccccc21)CCc1ccccc1)C1CC1. The fourth-order valence-electron chi connectivity index (χ4n) is 4.25. The molecule has 0 spiro atoms. The molecule has 2 aromatic carbocycles. The van der Waals surface area contributed by atoms with Crippen molar-refractivity contribution in [2.45, 2.75) is 44.6 Å². The summed E-state index contributed by atoms with van der Waals surface area (Å²) in [6, 6.07) is 18.0. The highest BCUT2D eigenvalue weighted by atomic mass is 16.2. The van der Waals surface area contributed by atoms with Crippen molar-refractivity contribution in [1.29, 1.82) is 0 Å². The summed E-state index contributed by atoms with van der Waals surface area (Å²) < 4.78 is 0. The van der Waals surface area contributed by atoms with Crippen LogP contribution in [0.3, 0.4) is 0 Å². The first-order chi connectivity index (χ1) is 14.6. The maximum absolute atomic E-state index is 12.9. The summed E-state index contributed by atoms with van der Waals surface area (Å²) in [5, 5.41) is 0. The highest BCUT2D eigenvalue weighted by Crippen LogP contribution is 2.33. The molecule has 1 heterocycles. The number of Topliss-reactive ketones (excluding diaryl/α,β-unsaturated/α-hetero) is 1. The first kappa shape index (κ1) is 20.5. The Morgan fingerprint density at radius 2 is 1.80 bits per heavy atom. The second-order valence-electron chi connectivity index (χ2n) is 8.55. The number of fused-ring (bicyclic) bond motifs is 1. The molecule has 2 aliphatic rings. The van der Waals surface area contributed by atoms with Crippen LogP contribution in [-0.2, 0) is 22.4 Å². The third-order valence-corrected chi connectivity index (χ3v) is 6.28. The minimum atomic E-state index is -0.348. The standard InChI is InChI=1S/C26H30N2O2/c27-26(22-13-14-22)24(29)18-20(11-10-19-6-2-1-3-7-19)12-15-25(30)28-17-16-21-8-4-5-9-23(21)28/h1-9,12,15,20,22,26H,10-11,13-14,16-18,27H2/b15-12+/t20-,26-/m0/s1. The Balaban J connectivity index is 1.42. The summed E-state index contributed by atoms with van der Waals surface area (Å²) in [5.74, 6) is 0.492. The van der Waals surface area contributed by atoms with Gasteiger partial charge in [0.15, 0.2) is 0 Å². The molecule has 2 aromatic rings. The van der Waals surface area contributed by atoms with Gasteiger partial charge in [0, 0.05) is 18.7 Å². The average Bonchev–Trinajstić information content (AvgIpc) is 3.54. The molecule has 4 heteroatoms. The largest absolute Gasteiger partial charge is 0.321 e. The van der Waals surface area contributed by atoms with Crippen molar-refractivity contribution < 1.29 is 9.59 Å². The quantitative estimate of drug-likeness (QED) is 0.643. The van der Waals surface area contributed by atoms with E-state index in [0.29, 0.717) is 18.9 Å². The van der Waals surface area contributed by atoms with Crippen LogP contribution >= 0.6 is 0 Å². The number of para-hydroxylation sites is 1. The third kappa shape index (κ3) is 5.06. The van der Waals surface area contributed by atoms with Gasteiger partial charge in [-0.25, -0.2) is 0 Å². The second-order valence-corrected chi connectivity index (χ2v) is 8.55. The monoisotopic (exact) mass is 402 g/mol. The molecular weight excluding hydrogens is 372 g/mol. The molecule has 0 bridgehead atoms. The van der Waals surface area contributed by atoms with Crippen molar-refractivity contribution in [2.24, 2.45) is 17.6 Å². The molecule has 1 amide bonds. The van der Waals surface area contributed by atoms with Crippen molar-refractivity contribution in [3.8, 4) is 0 Å². The second kappa shape index (κ2) is 9.40. The third-order valence-electron chi connectivity index (χ3n) is 6.28. The van der Waals surface area contributed by atoms with Crippen molar-refractivity contribution >= 4 is 17.4 Å². The van der Waals surface area contributed by atoms with Gasteiger partial charge in [-0.15, -0.1) is 0 Å². The minimum absolute atomic E-state index is 0.0106. The highest BCUT2D eigenvalue weighted by molar-refractivity contribution is 6.02. The Kier molecular flexibility index (Phi) is 6.44. The van der Waals surface area contributed by atoms with Crippen molar-refractivity contribution in [3.05, 3.63) is 77.9 Å². The van der Waals surface area contributed by atoms with E-state index in [1.165, 1.54) is 11.1 Å². The van der Waals surface area contributed by atoms with Crippen molar-refractivity contribution in [3.63, 3.8) is 0 Å². The molecule has 2 N–H and O–H groups in total. The summed E-state index contributed by atoms with van der Waals surface area (Å²) in [5.41, 5.74) is 9.60. The van der Waals surface area contributed by atoms with E-state index in [9.17, 15) is 9.59 Å². The Hall–Kier alpha value is -2.72. The zero-order chi connectivity index (χ0) is 20.9. The summed E-state index contributed by atoms with van der Waals surface area (Å²) in [6.07, 6.45) is 8.72. The van der Waals surface area contributed by atoms with Gasteiger partial charge in [-0.05, 0) is 67.2 Å². The number of benzene rings is 2. The number of amides is 1.